The van der Waals surface area contributed by atoms with Crippen LogP contribution in [0.2, 0.25) is 5.02 Å². The maximum Gasteiger partial charge on any atom is 0.340 e. The first kappa shape index (κ1) is 39.9. The number of phenols is 2. The number of benzene rings is 5. The number of carbonyl (C=O) groups excluding carboxylic acids is 4. The second-order valence-electron chi connectivity index (χ2n) is 15.1. The van der Waals surface area contributed by atoms with Crippen LogP contribution in [0, 0.1) is 0 Å². The Kier molecular flexibility index (Phi) is 10.7. The molecule has 0 atom stereocenters. The van der Waals surface area contributed by atoms with Crippen molar-refractivity contribution in [2.45, 2.75) is 44.8 Å². The lowest BCUT2D eigenvalue weighted by Gasteiger charge is -2.36. The number of esters is 1. The van der Waals surface area contributed by atoms with Crippen molar-refractivity contribution in [3.63, 3.8) is 0 Å². The number of fused-ring (bicyclic) bond motifs is 7. The Morgan fingerprint density at radius 3 is 1.97 bits per heavy atom. The van der Waals surface area contributed by atoms with Crippen LogP contribution in [0.5, 0.6) is 23.0 Å². The minimum absolute atomic E-state index is 0.0217. The summed E-state index contributed by atoms with van der Waals surface area (Å²) in [7, 11) is 1.73. The van der Waals surface area contributed by atoms with Crippen molar-refractivity contribution in [3.05, 3.63) is 147 Å². The molecular weight excluding hydrogens is 784 g/mol. The van der Waals surface area contributed by atoms with Crippen molar-refractivity contribution in [1.29, 1.82) is 0 Å². The summed E-state index contributed by atoms with van der Waals surface area (Å²) in [5.41, 5.74) is 2.31. The first-order valence-electron chi connectivity index (χ1n) is 19.6. The van der Waals surface area contributed by atoms with Crippen molar-refractivity contribution in [3.8, 4) is 34.3 Å². The molecule has 5 aromatic carbocycles. The zero-order valence-electron chi connectivity index (χ0n) is 33.0. The van der Waals surface area contributed by atoms with E-state index in [4.69, 9.17) is 26.1 Å². The van der Waals surface area contributed by atoms with Gasteiger partial charge in [0.15, 0.2) is 5.60 Å². The van der Waals surface area contributed by atoms with Gasteiger partial charge in [-0.05, 0) is 99.2 Å². The Hall–Kier alpha value is -6.92. The molecule has 2 aliphatic rings. The van der Waals surface area contributed by atoms with Crippen molar-refractivity contribution < 1.29 is 38.9 Å². The molecule has 304 valence electrons. The maximum absolute atomic E-state index is 13.4. The summed E-state index contributed by atoms with van der Waals surface area (Å²) in [6, 6.07) is 28.2. The van der Waals surface area contributed by atoms with Crippen molar-refractivity contribution in [1.82, 2.24) is 20.5 Å². The Bertz CT molecular complexity index is 2680. The number of pyridine rings is 1. The van der Waals surface area contributed by atoms with Gasteiger partial charge in [0.05, 0.1) is 16.3 Å². The molecule has 0 fully saturated rings. The summed E-state index contributed by atoms with van der Waals surface area (Å²) in [6.07, 6.45) is 2.03. The number of hydrogen-bond donors (Lipinski definition) is 4. The topological polar surface area (TPSA) is 167 Å². The van der Waals surface area contributed by atoms with Gasteiger partial charge >= 0.3 is 5.97 Å². The van der Waals surface area contributed by atoms with Gasteiger partial charge < -0.3 is 35.2 Å². The Morgan fingerprint density at radius 1 is 0.750 bits per heavy atom. The molecule has 1 aromatic heterocycles. The molecule has 13 heteroatoms. The highest BCUT2D eigenvalue weighted by Crippen LogP contribution is 2.57. The van der Waals surface area contributed by atoms with Crippen LogP contribution < -0.4 is 15.4 Å². The molecule has 0 aliphatic carbocycles. The summed E-state index contributed by atoms with van der Waals surface area (Å²) < 4.78 is 12.1. The van der Waals surface area contributed by atoms with Crippen LogP contribution in [-0.4, -0.2) is 70.0 Å². The monoisotopic (exact) mass is 824 g/mol. The standard InChI is InChI=1S/C47H41ClN4O8/c1-26(2)52(3)45(57)39-23-27-9-5-6-10-32(27)42(51-39)34-22-29(12-18-38(34)48)44(56)50-20-8-4-7-19-49-43(55)28-11-15-35-33(21-28)46(58)60-47(35)36-16-13-30(53)24-40(36)59-41-25-31(54)14-17-37(41)47/h5-6,9-18,21-26,53-54H,4,7-8,19-20H2,1-3H3,(H,49,55)(H,50,56). The van der Waals surface area contributed by atoms with E-state index in [1.165, 1.54) is 30.3 Å². The fourth-order valence-corrected chi connectivity index (χ4v) is 7.87. The number of aromatic hydroxyl groups is 2. The van der Waals surface area contributed by atoms with E-state index in [0.29, 0.717) is 64.5 Å². The number of carbonyl (C=O) groups is 4. The Morgan fingerprint density at radius 2 is 1.33 bits per heavy atom. The maximum atomic E-state index is 13.4. The number of ether oxygens (including phenoxy) is 2. The third kappa shape index (κ3) is 7.23. The van der Waals surface area contributed by atoms with Crippen molar-refractivity contribution >= 4 is 46.1 Å². The highest BCUT2D eigenvalue weighted by atomic mass is 35.5. The molecule has 3 heterocycles. The molecule has 0 bridgehead atoms. The largest absolute Gasteiger partial charge is 0.508 e. The summed E-state index contributed by atoms with van der Waals surface area (Å²) in [5, 5.41) is 28.2. The zero-order chi connectivity index (χ0) is 42.3. The van der Waals surface area contributed by atoms with E-state index in [2.05, 4.69) is 10.6 Å². The van der Waals surface area contributed by atoms with Crippen LogP contribution in [0.3, 0.4) is 0 Å². The van der Waals surface area contributed by atoms with Gasteiger partial charge in [0, 0.05) is 77.1 Å². The summed E-state index contributed by atoms with van der Waals surface area (Å²) in [4.78, 5) is 59.6. The van der Waals surface area contributed by atoms with Crippen LogP contribution in [0.25, 0.3) is 22.0 Å². The number of phenolic OH excluding ortho intramolecular Hbond substituents is 2. The molecule has 60 heavy (non-hydrogen) atoms. The highest BCUT2D eigenvalue weighted by Gasteiger charge is 2.53. The molecule has 6 aromatic rings. The van der Waals surface area contributed by atoms with Crippen LogP contribution in [0.1, 0.15) is 91.4 Å². The van der Waals surface area contributed by atoms with Crippen LogP contribution >= 0.6 is 11.6 Å². The van der Waals surface area contributed by atoms with E-state index < -0.39 is 11.6 Å². The number of nitrogens with zero attached hydrogens (tertiary/aromatic N) is 2. The first-order chi connectivity index (χ1) is 28.8. The van der Waals surface area contributed by atoms with Crippen molar-refractivity contribution in [2.24, 2.45) is 0 Å². The molecule has 1 spiro atoms. The minimum atomic E-state index is -1.42. The molecule has 3 amide bonds. The number of unbranched alkanes of at least 4 members (excludes halogenated alkanes) is 2. The van der Waals surface area contributed by atoms with E-state index in [0.717, 1.165) is 17.2 Å². The van der Waals surface area contributed by atoms with E-state index >= 15 is 0 Å². The molecule has 4 N–H and O–H groups in total. The molecule has 8 rings (SSSR count). The van der Waals surface area contributed by atoms with E-state index in [1.807, 2.05) is 38.1 Å². The average Bonchev–Trinajstić information content (AvgIpc) is 3.53. The summed E-state index contributed by atoms with van der Waals surface area (Å²) >= 11 is 6.69. The van der Waals surface area contributed by atoms with E-state index in [-0.39, 0.29) is 63.6 Å². The lowest BCUT2D eigenvalue weighted by Crippen LogP contribution is -2.33. The highest BCUT2D eigenvalue weighted by molar-refractivity contribution is 6.34. The normalized spacial score (nSPS) is 13.2. The third-order valence-corrected chi connectivity index (χ3v) is 11.3. The molecule has 0 saturated heterocycles. The number of halogens is 1. The summed E-state index contributed by atoms with van der Waals surface area (Å²) in [5.74, 6) is -1.04. The Labute approximate surface area is 350 Å². The third-order valence-electron chi connectivity index (χ3n) is 11.0. The van der Waals surface area contributed by atoms with Gasteiger partial charge in [-0.25, -0.2) is 9.78 Å². The average molecular weight is 825 g/mol. The molecule has 12 nitrogen and oxygen atoms in total. The predicted octanol–water partition coefficient (Wildman–Crippen LogP) is 8.34. The van der Waals surface area contributed by atoms with Gasteiger partial charge in [-0.15, -0.1) is 0 Å². The van der Waals surface area contributed by atoms with Crippen LogP contribution in [0.4, 0.5) is 0 Å². The van der Waals surface area contributed by atoms with Gasteiger partial charge in [0.1, 0.15) is 28.7 Å². The van der Waals surface area contributed by atoms with Crippen LogP contribution in [-0.2, 0) is 10.3 Å². The second kappa shape index (κ2) is 16.0. The zero-order valence-corrected chi connectivity index (χ0v) is 33.8. The fourth-order valence-electron chi connectivity index (χ4n) is 7.66. The predicted molar refractivity (Wildman–Crippen MR) is 226 cm³/mol. The lowest BCUT2D eigenvalue weighted by atomic mass is 9.77. The van der Waals surface area contributed by atoms with Crippen molar-refractivity contribution in [2.75, 3.05) is 20.1 Å². The first-order valence-corrected chi connectivity index (χ1v) is 20.0. The fraction of sp³-hybridized carbons (Fsp3) is 0.213. The van der Waals surface area contributed by atoms with Gasteiger partial charge in [-0.2, -0.15) is 0 Å². The smallest absolute Gasteiger partial charge is 0.340 e. The number of aromatic nitrogens is 1. The molecule has 0 saturated carbocycles. The van der Waals surface area contributed by atoms with Crippen LogP contribution in [0.15, 0.2) is 103 Å². The molecule has 2 aliphatic heterocycles. The van der Waals surface area contributed by atoms with Gasteiger partial charge in [0.2, 0.25) is 0 Å². The number of hydrogen-bond acceptors (Lipinski definition) is 9. The second-order valence-corrected chi connectivity index (χ2v) is 15.6. The quantitative estimate of drug-likeness (QED) is 0.0742. The number of rotatable bonds is 11. The summed E-state index contributed by atoms with van der Waals surface area (Å²) in [6.45, 7) is 4.64. The molecule has 0 unspecified atom stereocenters. The van der Waals surface area contributed by atoms with E-state index in [1.54, 1.807) is 60.5 Å². The SMILES string of the molecule is CC(C)N(C)C(=O)c1cc2ccccc2c(-c2cc(C(=O)NCCCCCNC(=O)c3ccc4c(c3)C(=O)OC43c4ccc(O)cc4Oc4cc(O)ccc43)ccc2Cl)n1. The minimum Gasteiger partial charge on any atom is -0.508 e. The number of amides is 3. The van der Waals surface area contributed by atoms with Gasteiger partial charge in [-0.3, -0.25) is 14.4 Å². The van der Waals surface area contributed by atoms with E-state index in [9.17, 15) is 29.4 Å². The van der Waals surface area contributed by atoms with Gasteiger partial charge in [0.25, 0.3) is 17.7 Å². The lowest BCUT2D eigenvalue weighted by molar-refractivity contribution is 0.0224. The molecular formula is C47H41ClN4O8. The molecule has 0 radical (unpaired) electrons. The number of nitrogens with one attached hydrogen (secondary N) is 2. The van der Waals surface area contributed by atoms with Gasteiger partial charge in [-0.1, -0.05) is 41.9 Å². The Balaban J connectivity index is 0.880.